The Morgan fingerprint density at radius 1 is 1.16 bits per heavy atom. The number of rotatable bonds is 5. The Labute approximate surface area is 179 Å². The second-order valence-electron chi connectivity index (χ2n) is 8.04. The van der Waals surface area contributed by atoms with Gasteiger partial charge in [0.2, 0.25) is 5.88 Å². The van der Waals surface area contributed by atoms with E-state index in [0.717, 1.165) is 44.6 Å². The third-order valence-corrected chi connectivity index (χ3v) is 6.08. The molecule has 3 aromatic heterocycles. The number of imidazole rings is 1. The predicted molar refractivity (Wildman–Crippen MR) is 114 cm³/mol. The van der Waals surface area contributed by atoms with Crippen LogP contribution in [0.4, 0.5) is 5.82 Å². The molecule has 0 amide bonds. The maximum absolute atomic E-state index is 11.5. The molecule has 0 bridgehead atoms. The van der Waals surface area contributed by atoms with E-state index in [-0.39, 0.29) is 11.7 Å². The van der Waals surface area contributed by atoms with Gasteiger partial charge in [0.15, 0.2) is 0 Å². The molecule has 1 saturated heterocycles. The molecule has 4 heterocycles. The molecule has 2 fully saturated rings. The Kier molecular flexibility index (Phi) is 5.42. The topological polar surface area (TPSA) is 103 Å². The van der Waals surface area contributed by atoms with Crippen LogP contribution in [0.15, 0.2) is 37.1 Å². The first-order valence-electron chi connectivity index (χ1n) is 10.7. The van der Waals surface area contributed by atoms with Gasteiger partial charge < -0.3 is 24.0 Å². The van der Waals surface area contributed by atoms with E-state index >= 15 is 0 Å². The molecular formula is C22H25N5O4. The minimum atomic E-state index is -1.02. The average Bonchev–Trinajstić information content (AvgIpc) is 3.35. The van der Waals surface area contributed by atoms with Crippen LogP contribution in [0.25, 0.3) is 10.9 Å². The van der Waals surface area contributed by atoms with Crippen LogP contribution in [0.1, 0.15) is 42.1 Å². The molecule has 0 unspecified atom stereocenters. The molecule has 31 heavy (non-hydrogen) atoms. The van der Waals surface area contributed by atoms with Crippen LogP contribution >= 0.6 is 0 Å². The highest BCUT2D eigenvalue weighted by atomic mass is 16.5. The van der Waals surface area contributed by atoms with Crippen LogP contribution in [-0.4, -0.2) is 63.0 Å². The highest BCUT2D eigenvalue weighted by Gasteiger charge is 2.25. The van der Waals surface area contributed by atoms with E-state index in [0.29, 0.717) is 36.0 Å². The van der Waals surface area contributed by atoms with Gasteiger partial charge in [-0.25, -0.2) is 9.78 Å². The molecule has 162 valence electrons. The van der Waals surface area contributed by atoms with Gasteiger partial charge in [0.1, 0.15) is 11.9 Å². The molecular weight excluding hydrogens is 398 g/mol. The van der Waals surface area contributed by atoms with Gasteiger partial charge in [-0.05, 0) is 31.7 Å². The van der Waals surface area contributed by atoms with Crippen molar-refractivity contribution < 1.29 is 19.4 Å². The van der Waals surface area contributed by atoms with E-state index in [2.05, 4.69) is 19.4 Å². The van der Waals surface area contributed by atoms with E-state index in [1.165, 1.54) is 6.20 Å². The number of morpholine rings is 1. The summed E-state index contributed by atoms with van der Waals surface area (Å²) in [6.07, 6.45) is 10.9. The summed E-state index contributed by atoms with van der Waals surface area (Å²) < 4.78 is 14.0. The van der Waals surface area contributed by atoms with Gasteiger partial charge in [-0.2, -0.15) is 4.98 Å². The van der Waals surface area contributed by atoms with Crippen molar-refractivity contribution in [1.29, 1.82) is 0 Å². The number of hydrogen-bond donors (Lipinski definition) is 1. The number of aromatic carboxylic acids is 1. The number of anilines is 1. The fourth-order valence-electron chi connectivity index (χ4n) is 4.35. The maximum atomic E-state index is 11.5. The third kappa shape index (κ3) is 4.18. The number of hydrogen-bond acceptors (Lipinski definition) is 7. The minimum absolute atomic E-state index is 0.0314. The van der Waals surface area contributed by atoms with Crippen LogP contribution in [-0.2, 0) is 4.74 Å². The zero-order chi connectivity index (χ0) is 21.2. The summed E-state index contributed by atoms with van der Waals surface area (Å²) in [5.41, 5.74) is 0.811. The van der Waals surface area contributed by atoms with E-state index in [4.69, 9.17) is 14.5 Å². The van der Waals surface area contributed by atoms with Gasteiger partial charge in [-0.3, -0.25) is 4.98 Å². The first kappa shape index (κ1) is 19.7. The van der Waals surface area contributed by atoms with Crippen molar-refractivity contribution in [3.8, 4) is 5.88 Å². The number of carboxylic acid groups (broad SMARTS) is 1. The zero-order valence-corrected chi connectivity index (χ0v) is 17.2. The summed E-state index contributed by atoms with van der Waals surface area (Å²) in [5, 5.41) is 10.0. The standard InChI is InChI=1S/C22H25N5O4/c28-22(29)15-11-18-19(24-13-15)12-20(26-7-9-30-10-8-26)25-21(18)31-17-3-1-16(2-4-17)27-6-5-23-14-27/h5-6,11-14,16-17H,1-4,7-10H2,(H,28,29)/t16-,17+. The lowest BCUT2D eigenvalue weighted by atomic mass is 9.93. The molecule has 9 nitrogen and oxygen atoms in total. The second kappa shape index (κ2) is 8.50. The number of aromatic nitrogens is 4. The van der Waals surface area contributed by atoms with Gasteiger partial charge in [-0.1, -0.05) is 0 Å². The lowest BCUT2D eigenvalue weighted by molar-refractivity contribution is 0.0696. The predicted octanol–water partition coefficient (Wildman–Crippen LogP) is 2.92. The number of ether oxygens (including phenoxy) is 2. The van der Waals surface area contributed by atoms with Gasteiger partial charge in [0, 0.05) is 43.8 Å². The van der Waals surface area contributed by atoms with Crippen molar-refractivity contribution in [3.05, 3.63) is 42.6 Å². The second-order valence-corrected chi connectivity index (χ2v) is 8.04. The Hall–Kier alpha value is -3.20. The molecule has 9 heteroatoms. The summed E-state index contributed by atoms with van der Waals surface area (Å²) >= 11 is 0. The molecule has 0 radical (unpaired) electrons. The summed E-state index contributed by atoms with van der Waals surface area (Å²) in [4.78, 5) is 27.0. The number of fused-ring (bicyclic) bond motifs is 1. The van der Waals surface area contributed by atoms with Gasteiger partial charge >= 0.3 is 5.97 Å². The Morgan fingerprint density at radius 3 is 2.68 bits per heavy atom. The maximum Gasteiger partial charge on any atom is 0.337 e. The van der Waals surface area contributed by atoms with Crippen LogP contribution in [0.2, 0.25) is 0 Å². The molecule has 1 N–H and O–H groups in total. The first-order valence-corrected chi connectivity index (χ1v) is 10.7. The number of pyridine rings is 2. The molecule has 0 atom stereocenters. The molecule has 1 aliphatic carbocycles. The van der Waals surface area contributed by atoms with Crippen LogP contribution in [0.5, 0.6) is 5.88 Å². The molecule has 0 spiro atoms. The van der Waals surface area contributed by atoms with Crippen molar-refractivity contribution >= 4 is 22.7 Å². The summed E-state index contributed by atoms with van der Waals surface area (Å²) in [6, 6.07) is 3.94. The Morgan fingerprint density at radius 2 is 1.97 bits per heavy atom. The molecule has 5 rings (SSSR count). The lowest BCUT2D eigenvalue weighted by Crippen LogP contribution is -2.36. The number of carboxylic acids is 1. The van der Waals surface area contributed by atoms with E-state index < -0.39 is 5.97 Å². The molecule has 0 aromatic carbocycles. The highest BCUT2D eigenvalue weighted by Crippen LogP contribution is 2.34. The smallest absolute Gasteiger partial charge is 0.337 e. The SMILES string of the molecule is O=C(O)c1cnc2cc(N3CCOCC3)nc(O[C@H]3CC[C@@H](n4ccnc4)CC3)c2c1. The average molecular weight is 423 g/mol. The highest BCUT2D eigenvalue weighted by molar-refractivity contribution is 5.94. The van der Waals surface area contributed by atoms with Crippen molar-refractivity contribution in [3.63, 3.8) is 0 Å². The quantitative estimate of drug-likeness (QED) is 0.668. The fourth-order valence-corrected chi connectivity index (χ4v) is 4.35. The molecule has 2 aliphatic rings. The van der Waals surface area contributed by atoms with Crippen LogP contribution in [0, 0.1) is 0 Å². The zero-order valence-electron chi connectivity index (χ0n) is 17.2. The lowest BCUT2D eigenvalue weighted by Gasteiger charge is -2.31. The van der Waals surface area contributed by atoms with Gasteiger partial charge in [-0.15, -0.1) is 0 Å². The van der Waals surface area contributed by atoms with Crippen molar-refractivity contribution in [2.45, 2.75) is 37.8 Å². The first-order chi connectivity index (χ1) is 15.2. The van der Waals surface area contributed by atoms with E-state index in [1.807, 2.05) is 24.8 Å². The van der Waals surface area contributed by atoms with Gasteiger partial charge in [0.05, 0.1) is 36.0 Å². The van der Waals surface area contributed by atoms with Crippen molar-refractivity contribution in [2.75, 3.05) is 31.2 Å². The monoisotopic (exact) mass is 423 g/mol. The largest absolute Gasteiger partial charge is 0.478 e. The third-order valence-electron chi connectivity index (χ3n) is 6.08. The number of nitrogens with zero attached hydrogens (tertiary/aromatic N) is 5. The summed E-state index contributed by atoms with van der Waals surface area (Å²) in [7, 11) is 0. The van der Waals surface area contributed by atoms with Crippen LogP contribution < -0.4 is 9.64 Å². The summed E-state index contributed by atoms with van der Waals surface area (Å²) in [5.74, 6) is 0.229. The Balaban J connectivity index is 1.42. The van der Waals surface area contributed by atoms with Crippen molar-refractivity contribution in [1.82, 2.24) is 19.5 Å². The molecule has 3 aromatic rings. The molecule has 1 aliphatic heterocycles. The van der Waals surface area contributed by atoms with E-state index in [9.17, 15) is 9.90 Å². The number of carbonyl (C=O) groups is 1. The summed E-state index contributed by atoms with van der Waals surface area (Å²) in [6.45, 7) is 2.81. The van der Waals surface area contributed by atoms with Crippen LogP contribution in [0.3, 0.4) is 0 Å². The normalized spacial score (nSPS) is 21.9. The van der Waals surface area contributed by atoms with Gasteiger partial charge in [0.25, 0.3) is 0 Å². The van der Waals surface area contributed by atoms with E-state index in [1.54, 1.807) is 6.07 Å². The van der Waals surface area contributed by atoms with Crippen molar-refractivity contribution in [2.24, 2.45) is 0 Å². The Bertz CT molecular complexity index is 1060. The fraction of sp³-hybridized carbons (Fsp3) is 0.455. The molecule has 1 saturated carbocycles. The minimum Gasteiger partial charge on any atom is -0.478 e.